The number of carbonyl (C=O) groups is 2. The van der Waals surface area contributed by atoms with Gasteiger partial charge < -0.3 is 9.47 Å². The van der Waals surface area contributed by atoms with Gasteiger partial charge in [-0.1, -0.05) is 0 Å². The second kappa shape index (κ2) is 7.38. The Labute approximate surface area is 130 Å². The van der Waals surface area contributed by atoms with E-state index in [4.69, 9.17) is 9.47 Å². The quantitative estimate of drug-likeness (QED) is 0.901. The number of imide groups is 1. The van der Waals surface area contributed by atoms with E-state index in [1.807, 2.05) is 18.7 Å². The zero-order chi connectivity index (χ0) is 16.1. The summed E-state index contributed by atoms with van der Waals surface area (Å²) in [6.45, 7) is 5.52. The minimum absolute atomic E-state index is 0.0915. The average Bonchev–Trinajstić information content (AvgIpc) is 2.46. The molecule has 0 spiro atoms. The smallest absolute Gasteiger partial charge is 0.257 e. The third-order valence-corrected chi connectivity index (χ3v) is 3.47. The molecule has 2 rings (SSSR count). The highest BCUT2D eigenvalue weighted by Gasteiger charge is 2.24. The molecule has 2 amide bonds. The van der Waals surface area contributed by atoms with Gasteiger partial charge in [-0.3, -0.25) is 19.8 Å². The molecule has 120 valence electrons. The first kappa shape index (κ1) is 16.5. The van der Waals surface area contributed by atoms with E-state index >= 15 is 0 Å². The molecule has 1 aliphatic rings. The molecule has 0 unspecified atom stereocenters. The molecule has 1 saturated heterocycles. The molecule has 0 aromatic heterocycles. The first-order valence-electron chi connectivity index (χ1n) is 7.34. The van der Waals surface area contributed by atoms with Crippen LogP contribution in [0.2, 0.25) is 0 Å². The van der Waals surface area contributed by atoms with E-state index in [2.05, 4.69) is 5.32 Å². The fourth-order valence-corrected chi connectivity index (χ4v) is 2.60. The van der Waals surface area contributed by atoms with E-state index in [1.165, 1.54) is 0 Å². The summed E-state index contributed by atoms with van der Waals surface area (Å²) in [4.78, 5) is 26.0. The van der Waals surface area contributed by atoms with Gasteiger partial charge in [0.2, 0.25) is 5.91 Å². The van der Waals surface area contributed by atoms with Crippen molar-refractivity contribution < 1.29 is 19.1 Å². The molecule has 0 saturated carbocycles. The normalized spacial score (nSPS) is 22.1. The molecule has 1 aromatic carbocycles. The van der Waals surface area contributed by atoms with Crippen LogP contribution in [0.5, 0.6) is 5.75 Å². The number of hydrogen-bond acceptors (Lipinski definition) is 5. The van der Waals surface area contributed by atoms with E-state index in [9.17, 15) is 9.59 Å². The Balaban J connectivity index is 1.86. The van der Waals surface area contributed by atoms with E-state index in [-0.39, 0.29) is 24.7 Å². The van der Waals surface area contributed by atoms with Gasteiger partial charge >= 0.3 is 0 Å². The first-order chi connectivity index (χ1) is 10.5. The van der Waals surface area contributed by atoms with Gasteiger partial charge in [-0.25, -0.2) is 0 Å². The van der Waals surface area contributed by atoms with Crippen molar-refractivity contribution >= 4 is 11.8 Å². The van der Waals surface area contributed by atoms with Crippen molar-refractivity contribution in [3.63, 3.8) is 0 Å². The molecule has 1 aromatic rings. The van der Waals surface area contributed by atoms with E-state index in [0.29, 0.717) is 24.4 Å². The van der Waals surface area contributed by atoms with Gasteiger partial charge in [-0.05, 0) is 38.1 Å². The number of benzene rings is 1. The lowest BCUT2D eigenvalue weighted by Crippen LogP contribution is -2.49. The molecular formula is C16H22N2O4. The van der Waals surface area contributed by atoms with Gasteiger partial charge in [0.1, 0.15) is 5.75 Å². The Kier molecular flexibility index (Phi) is 5.51. The van der Waals surface area contributed by atoms with E-state index in [1.54, 1.807) is 31.4 Å². The van der Waals surface area contributed by atoms with Crippen LogP contribution in [0.3, 0.4) is 0 Å². The topological polar surface area (TPSA) is 67.9 Å². The summed E-state index contributed by atoms with van der Waals surface area (Å²) in [7, 11) is 1.56. The summed E-state index contributed by atoms with van der Waals surface area (Å²) in [5, 5.41) is 2.41. The third-order valence-electron chi connectivity index (χ3n) is 3.47. The lowest BCUT2D eigenvalue weighted by molar-refractivity contribution is -0.125. The molecule has 1 N–H and O–H groups in total. The number of morpholine rings is 1. The highest BCUT2D eigenvalue weighted by molar-refractivity contribution is 6.05. The maximum absolute atomic E-state index is 12.0. The molecule has 1 aliphatic heterocycles. The van der Waals surface area contributed by atoms with Crippen molar-refractivity contribution in [2.45, 2.75) is 26.1 Å². The lowest BCUT2D eigenvalue weighted by atomic mass is 10.2. The summed E-state index contributed by atoms with van der Waals surface area (Å²) in [6, 6.07) is 6.62. The molecule has 2 atom stereocenters. The van der Waals surface area contributed by atoms with Crippen LogP contribution in [-0.4, -0.2) is 55.7 Å². The molecule has 1 fully saturated rings. The first-order valence-corrected chi connectivity index (χ1v) is 7.34. The number of carbonyl (C=O) groups excluding carboxylic acids is 2. The van der Waals surface area contributed by atoms with Crippen LogP contribution in [0.1, 0.15) is 24.2 Å². The van der Waals surface area contributed by atoms with Crippen molar-refractivity contribution in [3.05, 3.63) is 29.8 Å². The predicted molar refractivity (Wildman–Crippen MR) is 81.9 cm³/mol. The van der Waals surface area contributed by atoms with Gasteiger partial charge in [0, 0.05) is 18.7 Å². The van der Waals surface area contributed by atoms with Crippen LogP contribution in [0.15, 0.2) is 24.3 Å². The van der Waals surface area contributed by atoms with Crippen LogP contribution in [0, 0.1) is 0 Å². The van der Waals surface area contributed by atoms with Gasteiger partial charge in [0.15, 0.2) is 0 Å². The van der Waals surface area contributed by atoms with Crippen molar-refractivity contribution in [1.29, 1.82) is 0 Å². The number of hydrogen-bond donors (Lipinski definition) is 1. The number of nitrogens with zero attached hydrogens (tertiary/aromatic N) is 1. The minimum atomic E-state index is -0.401. The van der Waals surface area contributed by atoms with Crippen molar-refractivity contribution in [2.24, 2.45) is 0 Å². The fourth-order valence-electron chi connectivity index (χ4n) is 2.60. The fraction of sp³-hybridized carbons (Fsp3) is 0.500. The summed E-state index contributed by atoms with van der Waals surface area (Å²) in [5.41, 5.74) is 0.429. The molecule has 6 heteroatoms. The molecule has 0 radical (unpaired) electrons. The Morgan fingerprint density at radius 3 is 2.36 bits per heavy atom. The van der Waals surface area contributed by atoms with E-state index in [0.717, 1.165) is 0 Å². The Morgan fingerprint density at radius 1 is 1.23 bits per heavy atom. The van der Waals surface area contributed by atoms with Gasteiger partial charge in [-0.2, -0.15) is 0 Å². The Bertz CT molecular complexity index is 519. The van der Waals surface area contributed by atoms with Crippen LogP contribution >= 0.6 is 0 Å². The summed E-state index contributed by atoms with van der Waals surface area (Å²) in [6.07, 6.45) is 0.183. The summed E-state index contributed by atoms with van der Waals surface area (Å²) in [5.74, 6) is -0.0386. The monoisotopic (exact) mass is 306 g/mol. The molecule has 0 aliphatic carbocycles. The standard InChI is InChI=1S/C16H22N2O4/c1-11-8-18(9-12(2)22-11)10-15(19)17-16(20)13-4-6-14(21-3)7-5-13/h4-7,11-12H,8-10H2,1-3H3,(H,17,19,20)/t11-,12+. The largest absolute Gasteiger partial charge is 0.497 e. The zero-order valence-electron chi connectivity index (χ0n) is 13.2. The molecule has 6 nitrogen and oxygen atoms in total. The Hall–Kier alpha value is -1.92. The van der Waals surface area contributed by atoms with Crippen molar-refractivity contribution in [2.75, 3.05) is 26.7 Å². The van der Waals surface area contributed by atoms with Crippen molar-refractivity contribution in [1.82, 2.24) is 10.2 Å². The summed E-state index contributed by atoms with van der Waals surface area (Å²) < 4.78 is 10.7. The van der Waals surface area contributed by atoms with Crippen LogP contribution in [0.25, 0.3) is 0 Å². The summed E-state index contributed by atoms with van der Waals surface area (Å²) >= 11 is 0. The van der Waals surface area contributed by atoms with Crippen LogP contribution < -0.4 is 10.1 Å². The lowest BCUT2D eigenvalue weighted by Gasteiger charge is -2.34. The minimum Gasteiger partial charge on any atom is -0.497 e. The Morgan fingerprint density at radius 2 is 1.82 bits per heavy atom. The SMILES string of the molecule is COc1ccc(C(=O)NC(=O)CN2C[C@@H](C)O[C@@H](C)C2)cc1. The second-order valence-electron chi connectivity index (χ2n) is 5.56. The predicted octanol–water partition coefficient (Wildman–Crippen LogP) is 1.06. The molecule has 22 heavy (non-hydrogen) atoms. The molecule has 0 bridgehead atoms. The maximum atomic E-state index is 12.0. The van der Waals surface area contributed by atoms with Crippen LogP contribution in [-0.2, 0) is 9.53 Å². The number of ether oxygens (including phenoxy) is 2. The van der Waals surface area contributed by atoms with Crippen LogP contribution in [0.4, 0.5) is 0 Å². The number of rotatable bonds is 4. The number of methoxy groups -OCH3 is 1. The second-order valence-corrected chi connectivity index (χ2v) is 5.56. The van der Waals surface area contributed by atoms with Gasteiger partial charge in [0.05, 0.1) is 25.9 Å². The highest BCUT2D eigenvalue weighted by atomic mass is 16.5. The average molecular weight is 306 g/mol. The molecular weight excluding hydrogens is 284 g/mol. The zero-order valence-corrected chi connectivity index (χ0v) is 13.2. The molecule has 1 heterocycles. The van der Waals surface area contributed by atoms with Gasteiger partial charge in [-0.15, -0.1) is 0 Å². The van der Waals surface area contributed by atoms with E-state index < -0.39 is 5.91 Å². The highest BCUT2D eigenvalue weighted by Crippen LogP contribution is 2.12. The van der Waals surface area contributed by atoms with Crippen molar-refractivity contribution in [3.8, 4) is 5.75 Å². The van der Waals surface area contributed by atoms with Gasteiger partial charge in [0.25, 0.3) is 5.91 Å². The third kappa shape index (κ3) is 4.54. The number of nitrogens with one attached hydrogen (secondary N) is 1. The number of amides is 2. The maximum Gasteiger partial charge on any atom is 0.257 e.